The van der Waals surface area contributed by atoms with Crippen molar-refractivity contribution in [3.05, 3.63) is 74.6 Å². The minimum atomic E-state index is -0.416. The highest BCUT2D eigenvalue weighted by Gasteiger charge is 2.48. The van der Waals surface area contributed by atoms with Gasteiger partial charge in [0.05, 0.1) is 5.69 Å². The fourth-order valence-electron chi connectivity index (χ4n) is 5.87. The quantitative estimate of drug-likeness (QED) is 0.438. The van der Waals surface area contributed by atoms with Crippen LogP contribution in [0.3, 0.4) is 0 Å². The van der Waals surface area contributed by atoms with Crippen LogP contribution in [0.2, 0.25) is 0 Å². The normalized spacial score (nSPS) is 16.8. The Morgan fingerprint density at radius 1 is 1.08 bits per heavy atom. The van der Waals surface area contributed by atoms with Gasteiger partial charge >= 0.3 is 0 Å². The molecule has 1 fully saturated rings. The molecule has 1 saturated carbocycles. The van der Waals surface area contributed by atoms with Crippen molar-refractivity contribution in [2.75, 3.05) is 18.9 Å². The largest absolute Gasteiger partial charge is 0.324 e. The summed E-state index contributed by atoms with van der Waals surface area (Å²) in [4.78, 5) is 37.7. The van der Waals surface area contributed by atoms with E-state index in [1.807, 2.05) is 34.6 Å². The Labute approximate surface area is 221 Å². The van der Waals surface area contributed by atoms with Gasteiger partial charge in [-0.3, -0.25) is 9.59 Å². The van der Waals surface area contributed by atoms with Crippen molar-refractivity contribution < 1.29 is 0 Å². The smallest absolute Gasteiger partial charge is 0.278 e. The lowest BCUT2D eigenvalue weighted by Gasteiger charge is -2.32. The molecule has 1 aliphatic carbocycles. The summed E-state index contributed by atoms with van der Waals surface area (Å²) in [5.41, 5.74) is 4.57. The van der Waals surface area contributed by atoms with Crippen molar-refractivity contribution >= 4 is 22.7 Å². The highest BCUT2D eigenvalue weighted by atomic mass is 16.1. The number of hydrogen-bond donors (Lipinski definition) is 1. The molecule has 9 nitrogen and oxygen atoms in total. The molecule has 9 heteroatoms. The predicted octanol–water partition coefficient (Wildman–Crippen LogP) is 4.30. The molecule has 1 aromatic carbocycles. The summed E-state index contributed by atoms with van der Waals surface area (Å²) < 4.78 is 5.15. The number of fused-ring (bicyclic) bond motifs is 3. The lowest BCUT2D eigenvalue weighted by molar-refractivity contribution is 0.271. The van der Waals surface area contributed by atoms with Gasteiger partial charge in [-0.05, 0) is 83.8 Å². The summed E-state index contributed by atoms with van der Waals surface area (Å²) in [6, 6.07) is 9.70. The van der Waals surface area contributed by atoms with Crippen molar-refractivity contribution in [1.29, 1.82) is 0 Å². The second-order valence-corrected chi connectivity index (χ2v) is 12.2. The molecular formula is C29H35N7O2. The van der Waals surface area contributed by atoms with Crippen molar-refractivity contribution in [3.8, 4) is 5.69 Å². The Bertz CT molecular complexity index is 1680. The van der Waals surface area contributed by atoms with Gasteiger partial charge in [0.25, 0.3) is 11.1 Å². The van der Waals surface area contributed by atoms with E-state index in [4.69, 9.17) is 4.98 Å². The number of hydrogen-bond acceptors (Lipinski definition) is 6. The number of nitrogens with zero attached hydrogens (tertiary/aromatic N) is 6. The third kappa shape index (κ3) is 3.96. The molecule has 0 amide bonds. The summed E-state index contributed by atoms with van der Waals surface area (Å²) in [6.07, 6.45) is 5.89. The second-order valence-electron chi connectivity index (χ2n) is 12.2. The molecule has 198 valence electrons. The summed E-state index contributed by atoms with van der Waals surface area (Å²) in [5.74, 6) is 0.418. The molecule has 0 unspecified atom stereocenters. The van der Waals surface area contributed by atoms with Crippen LogP contribution < -0.4 is 16.4 Å². The average molecular weight is 514 g/mol. The fourth-order valence-corrected chi connectivity index (χ4v) is 5.87. The summed E-state index contributed by atoms with van der Waals surface area (Å²) in [6.45, 7) is 11.9. The summed E-state index contributed by atoms with van der Waals surface area (Å²) in [5, 5.41) is 3.80. The van der Waals surface area contributed by atoms with Crippen LogP contribution in [0.15, 0.2) is 52.3 Å². The molecule has 3 aromatic heterocycles. The highest BCUT2D eigenvalue weighted by molar-refractivity contribution is 5.77. The van der Waals surface area contributed by atoms with E-state index in [1.165, 1.54) is 24.0 Å². The zero-order valence-corrected chi connectivity index (χ0v) is 22.9. The highest BCUT2D eigenvalue weighted by Crippen LogP contribution is 2.52. The van der Waals surface area contributed by atoms with Crippen molar-refractivity contribution in [2.45, 2.75) is 71.0 Å². The van der Waals surface area contributed by atoms with E-state index in [-0.39, 0.29) is 17.2 Å². The lowest BCUT2D eigenvalue weighted by Crippen LogP contribution is -2.35. The molecule has 0 atom stereocenters. The van der Waals surface area contributed by atoms with E-state index in [0.29, 0.717) is 28.1 Å². The fraction of sp³-hybridized carbons (Fsp3) is 0.448. The van der Waals surface area contributed by atoms with E-state index in [1.54, 1.807) is 38.5 Å². The maximum Gasteiger partial charge on any atom is 0.278 e. The maximum atomic E-state index is 13.4. The Kier molecular flexibility index (Phi) is 5.43. The van der Waals surface area contributed by atoms with Crippen LogP contribution in [-0.2, 0) is 17.5 Å². The average Bonchev–Trinajstić information content (AvgIpc) is 3.53. The van der Waals surface area contributed by atoms with Crippen molar-refractivity contribution in [2.24, 2.45) is 0 Å². The molecule has 0 saturated heterocycles. The van der Waals surface area contributed by atoms with Crippen LogP contribution in [-0.4, -0.2) is 42.4 Å². The molecule has 0 bridgehead atoms. The Hall–Kier alpha value is -3.72. The van der Waals surface area contributed by atoms with Gasteiger partial charge in [-0.15, -0.1) is 0 Å². The first-order valence-electron chi connectivity index (χ1n) is 13.3. The molecule has 2 aliphatic rings. The van der Waals surface area contributed by atoms with Gasteiger partial charge in [0.15, 0.2) is 5.65 Å². The standard InChI is InChI=1S/C29H35N7O2/c1-18(2)35-26(38)22-14-30-27(31-20-7-9-23-19(13-20)15-33(6)17-29(23)11-12-29)32-25(22)36(35)21-8-10-24(37)34(16-21)28(3,4)5/h7-10,13-14,16,18H,11-12,15,17H2,1-6H3,(H,30,31,32). The molecule has 1 spiro atoms. The molecule has 1 aliphatic heterocycles. The van der Waals surface area contributed by atoms with Crippen LogP contribution in [0.5, 0.6) is 0 Å². The van der Waals surface area contributed by atoms with Crippen molar-refractivity contribution in [3.63, 3.8) is 0 Å². The van der Waals surface area contributed by atoms with Gasteiger partial charge in [0, 0.05) is 54.2 Å². The lowest BCUT2D eigenvalue weighted by atomic mass is 9.87. The zero-order chi connectivity index (χ0) is 27.0. The number of benzene rings is 1. The molecular weight excluding hydrogens is 478 g/mol. The first kappa shape index (κ1) is 24.6. The third-order valence-electron chi connectivity index (χ3n) is 7.77. The van der Waals surface area contributed by atoms with Gasteiger partial charge in [-0.25, -0.2) is 14.3 Å². The molecule has 0 radical (unpaired) electrons. The van der Waals surface area contributed by atoms with E-state index >= 15 is 0 Å². The molecule has 4 heterocycles. The molecule has 6 rings (SSSR count). The predicted molar refractivity (Wildman–Crippen MR) is 150 cm³/mol. The summed E-state index contributed by atoms with van der Waals surface area (Å²) in [7, 11) is 2.18. The third-order valence-corrected chi connectivity index (χ3v) is 7.77. The number of likely N-dealkylation sites (N-methyl/N-ethyl adjacent to an activating group) is 1. The van der Waals surface area contributed by atoms with Gasteiger partial charge in [0.2, 0.25) is 5.95 Å². The van der Waals surface area contributed by atoms with Gasteiger partial charge in [0.1, 0.15) is 5.39 Å². The molecule has 1 N–H and O–H groups in total. The van der Waals surface area contributed by atoms with E-state index in [0.717, 1.165) is 18.8 Å². The van der Waals surface area contributed by atoms with Crippen LogP contribution in [0.1, 0.15) is 64.6 Å². The first-order valence-corrected chi connectivity index (χ1v) is 13.3. The Morgan fingerprint density at radius 3 is 2.53 bits per heavy atom. The number of nitrogens with one attached hydrogen (secondary N) is 1. The van der Waals surface area contributed by atoms with Gasteiger partial charge in [-0.2, -0.15) is 4.98 Å². The van der Waals surface area contributed by atoms with Crippen LogP contribution in [0, 0.1) is 0 Å². The Balaban J connectivity index is 1.45. The Morgan fingerprint density at radius 2 is 1.84 bits per heavy atom. The van der Waals surface area contributed by atoms with Crippen LogP contribution in [0.4, 0.5) is 11.6 Å². The monoisotopic (exact) mass is 513 g/mol. The summed E-state index contributed by atoms with van der Waals surface area (Å²) >= 11 is 0. The van der Waals surface area contributed by atoms with E-state index in [2.05, 4.69) is 40.4 Å². The topological polar surface area (TPSA) is 90.0 Å². The maximum absolute atomic E-state index is 13.4. The van der Waals surface area contributed by atoms with Crippen molar-refractivity contribution in [1.82, 2.24) is 28.8 Å². The van der Waals surface area contributed by atoms with Crippen LogP contribution >= 0.6 is 0 Å². The molecule has 38 heavy (non-hydrogen) atoms. The molecule has 4 aromatic rings. The second kappa shape index (κ2) is 8.39. The van der Waals surface area contributed by atoms with E-state index < -0.39 is 5.54 Å². The number of rotatable bonds is 4. The zero-order valence-electron chi connectivity index (χ0n) is 22.9. The minimum Gasteiger partial charge on any atom is -0.324 e. The minimum absolute atomic E-state index is 0.0980. The van der Waals surface area contributed by atoms with Gasteiger partial charge < -0.3 is 14.8 Å². The number of aromatic nitrogens is 5. The first-order chi connectivity index (χ1) is 18.0. The number of pyridine rings is 1. The SMILES string of the molecule is CC(C)n1c(=O)c2cnc(Nc3ccc4c(c3)CN(C)CC43CC3)nc2n1-c1ccc(=O)n(C(C)(C)C)c1. The van der Waals surface area contributed by atoms with E-state index in [9.17, 15) is 9.59 Å². The van der Waals surface area contributed by atoms with Gasteiger partial charge in [-0.1, -0.05) is 6.07 Å². The van der Waals surface area contributed by atoms with Crippen LogP contribution in [0.25, 0.3) is 16.7 Å². The number of anilines is 2.